The number of aryl methyl sites for hydroxylation is 1. The summed E-state index contributed by atoms with van der Waals surface area (Å²) in [5.41, 5.74) is 1.89. The maximum atomic E-state index is 9.45. The molecule has 2 aromatic rings. The van der Waals surface area contributed by atoms with Crippen molar-refractivity contribution in [2.24, 2.45) is 0 Å². The zero-order chi connectivity index (χ0) is 12.0. The van der Waals surface area contributed by atoms with Crippen molar-refractivity contribution in [2.75, 3.05) is 0 Å². The highest BCUT2D eigenvalue weighted by Crippen LogP contribution is 2.27. The predicted molar refractivity (Wildman–Crippen MR) is 57.0 cm³/mol. The van der Waals surface area contributed by atoms with Crippen molar-refractivity contribution in [3.05, 3.63) is 17.2 Å². The van der Waals surface area contributed by atoms with Gasteiger partial charge < -0.3 is 14.3 Å². The molecule has 0 aliphatic carbocycles. The molecule has 0 radical (unpaired) electrons. The molecule has 0 amide bonds. The number of aromatic nitrogens is 4. The van der Waals surface area contributed by atoms with Gasteiger partial charge in [-0.25, -0.2) is 4.98 Å². The molecule has 0 saturated carbocycles. The molecule has 1 aliphatic heterocycles. The smallest absolute Gasteiger partial charge is 0.293 e. The molecule has 0 spiro atoms. The first kappa shape index (κ1) is 10.4. The van der Waals surface area contributed by atoms with Gasteiger partial charge in [0.15, 0.2) is 11.6 Å². The van der Waals surface area contributed by atoms with Gasteiger partial charge in [0, 0.05) is 6.54 Å². The molecule has 0 saturated heterocycles. The van der Waals surface area contributed by atoms with E-state index in [1.54, 1.807) is 6.92 Å². The van der Waals surface area contributed by atoms with Gasteiger partial charge >= 0.3 is 0 Å². The Morgan fingerprint density at radius 2 is 2.18 bits per heavy atom. The van der Waals surface area contributed by atoms with E-state index in [0.717, 1.165) is 17.9 Å². The second-order valence-corrected chi connectivity index (χ2v) is 4.04. The summed E-state index contributed by atoms with van der Waals surface area (Å²) in [6, 6.07) is 0. The van der Waals surface area contributed by atoms with E-state index < -0.39 is 0 Å². The summed E-state index contributed by atoms with van der Waals surface area (Å²) in [7, 11) is 0. The molecule has 2 aromatic heterocycles. The van der Waals surface area contributed by atoms with E-state index in [4.69, 9.17) is 4.52 Å². The Labute approximate surface area is 97.6 Å². The predicted octanol–water partition coefficient (Wildman–Crippen LogP) is 0.966. The summed E-state index contributed by atoms with van der Waals surface area (Å²) < 4.78 is 7.13. The van der Waals surface area contributed by atoms with E-state index >= 15 is 0 Å². The molecule has 0 fully saturated rings. The molecule has 3 rings (SSSR count). The van der Waals surface area contributed by atoms with Crippen LogP contribution < -0.4 is 0 Å². The zero-order valence-corrected chi connectivity index (χ0v) is 9.71. The van der Waals surface area contributed by atoms with Crippen molar-refractivity contribution in [2.45, 2.75) is 33.5 Å². The Morgan fingerprint density at radius 1 is 1.35 bits per heavy atom. The molecule has 0 atom stereocenters. The third-order valence-electron chi connectivity index (χ3n) is 2.86. The first-order valence-electron chi connectivity index (χ1n) is 5.51. The fourth-order valence-corrected chi connectivity index (χ4v) is 2.13. The van der Waals surface area contributed by atoms with Crippen molar-refractivity contribution in [3.8, 4) is 11.7 Å². The topological polar surface area (TPSA) is 80.2 Å². The minimum absolute atomic E-state index is 0.434. The average molecular weight is 235 g/mol. The zero-order valence-electron chi connectivity index (χ0n) is 9.71. The van der Waals surface area contributed by atoms with E-state index in [1.165, 1.54) is 5.06 Å². The highest BCUT2D eigenvalue weighted by Gasteiger charge is 2.27. The molecule has 1 N–H and O–H groups in total. The summed E-state index contributed by atoms with van der Waals surface area (Å²) >= 11 is 0. The van der Waals surface area contributed by atoms with Crippen molar-refractivity contribution in [1.82, 2.24) is 24.8 Å². The Hall–Kier alpha value is -1.73. The van der Waals surface area contributed by atoms with Gasteiger partial charge in [0.2, 0.25) is 0 Å². The van der Waals surface area contributed by atoms with E-state index in [-0.39, 0.29) is 0 Å². The quantitative estimate of drug-likeness (QED) is 0.835. The number of imidazole rings is 1. The molecule has 90 valence electrons. The van der Waals surface area contributed by atoms with Crippen LogP contribution in [0.4, 0.5) is 0 Å². The SMILES string of the molecule is CCn1c(-c2nc(C)no2)nc2c1CN(O)C2. The van der Waals surface area contributed by atoms with Crippen LogP contribution in [0, 0.1) is 6.92 Å². The molecule has 0 aromatic carbocycles. The molecule has 17 heavy (non-hydrogen) atoms. The molecular formula is C10H13N5O2. The van der Waals surface area contributed by atoms with Gasteiger partial charge in [-0.3, -0.25) is 0 Å². The molecule has 7 nitrogen and oxygen atoms in total. The van der Waals surface area contributed by atoms with E-state index in [2.05, 4.69) is 15.1 Å². The van der Waals surface area contributed by atoms with Crippen molar-refractivity contribution < 1.29 is 9.73 Å². The Morgan fingerprint density at radius 3 is 2.82 bits per heavy atom. The average Bonchev–Trinajstić information content (AvgIpc) is 2.91. The maximum absolute atomic E-state index is 9.45. The van der Waals surface area contributed by atoms with E-state index in [1.807, 2.05) is 11.5 Å². The van der Waals surface area contributed by atoms with Crippen LogP contribution in [-0.2, 0) is 19.6 Å². The third kappa shape index (κ3) is 1.55. The number of hydrogen-bond acceptors (Lipinski definition) is 6. The number of fused-ring (bicyclic) bond motifs is 1. The fraction of sp³-hybridized carbons (Fsp3) is 0.500. The molecule has 0 unspecified atom stereocenters. The lowest BCUT2D eigenvalue weighted by molar-refractivity contribution is -0.0985. The summed E-state index contributed by atoms with van der Waals surface area (Å²) in [4.78, 5) is 8.64. The lowest BCUT2D eigenvalue weighted by Gasteiger charge is -2.07. The number of hydrogen-bond donors (Lipinski definition) is 1. The Kier molecular flexibility index (Phi) is 2.23. The van der Waals surface area contributed by atoms with Gasteiger partial charge in [0.25, 0.3) is 5.89 Å². The van der Waals surface area contributed by atoms with Gasteiger partial charge in [-0.2, -0.15) is 10.0 Å². The monoisotopic (exact) mass is 235 g/mol. The van der Waals surface area contributed by atoms with Crippen LogP contribution in [0.2, 0.25) is 0 Å². The van der Waals surface area contributed by atoms with Gasteiger partial charge in [0.1, 0.15) is 0 Å². The molecule has 7 heteroatoms. The van der Waals surface area contributed by atoms with Crippen molar-refractivity contribution in [3.63, 3.8) is 0 Å². The fourth-order valence-electron chi connectivity index (χ4n) is 2.13. The standard InChI is InChI=1S/C10H13N5O2/c1-3-15-8-5-14(16)4-7(8)12-9(15)10-11-6(2)13-17-10/h16H,3-5H2,1-2H3. The third-order valence-corrected chi connectivity index (χ3v) is 2.86. The second-order valence-electron chi connectivity index (χ2n) is 4.04. The molecule has 3 heterocycles. The second kappa shape index (κ2) is 3.64. The first-order valence-corrected chi connectivity index (χ1v) is 5.51. The number of hydroxylamine groups is 2. The van der Waals surface area contributed by atoms with Crippen LogP contribution in [0.3, 0.4) is 0 Å². The highest BCUT2D eigenvalue weighted by atomic mass is 16.5. The summed E-state index contributed by atoms with van der Waals surface area (Å²) in [5.74, 6) is 1.71. The first-order chi connectivity index (χ1) is 8.19. The highest BCUT2D eigenvalue weighted by molar-refractivity contribution is 5.45. The van der Waals surface area contributed by atoms with Gasteiger partial charge in [-0.05, 0) is 13.8 Å². The Bertz CT molecular complexity index is 559. The van der Waals surface area contributed by atoms with Gasteiger partial charge in [0.05, 0.1) is 24.5 Å². The maximum Gasteiger partial charge on any atom is 0.293 e. The Balaban J connectivity index is 2.10. The molecular weight excluding hydrogens is 222 g/mol. The summed E-state index contributed by atoms with van der Waals surface area (Å²) in [6.07, 6.45) is 0. The van der Waals surface area contributed by atoms with Crippen molar-refractivity contribution >= 4 is 0 Å². The van der Waals surface area contributed by atoms with E-state index in [0.29, 0.717) is 30.6 Å². The van der Waals surface area contributed by atoms with Gasteiger partial charge in [-0.15, -0.1) is 0 Å². The number of rotatable bonds is 2. The normalized spacial score (nSPS) is 15.5. The number of nitrogens with zero attached hydrogens (tertiary/aromatic N) is 5. The van der Waals surface area contributed by atoms with Gasteiger partial charge in [-0.1, -0.05) is 5.16 Å². The minimum Gasteiger partial charge on any atom is -0.331 e. The van der Waals surface area contributed by atoms with Crippen LogP contribution in [0.15, 0.2) is 4.52 Å². The summed E-state index contributed by atoms with van der Waals surface area (Å²) in [5, 5.41) is 14.5. The molecule has 0 bridgehead atoms. The lowest BCUT2D eigenvalue weighted by atomic mass is 10.4. The van der Waals surface area contributed by atoms with Crippen LogP contribution in [0.1, 0.15) is 24.1 Å². The summed E-state index contributed by atoms with van der Waals surface area (Å²) in [6.45, 7) is 5.49. The largest absolute Gasteiger partial charge is 0.331 e. The van der Waals surface area contributed by atoms with Crippen molar-refractivity contribution in [1.29, 1.82) is 0 Å². The van der Waals surface area contributed by atoms with Crippen LogP contribution >= 0.6 is 0 Å². The molecule has 1 aliphatic rings. The van der Waals surface area contributed by atoms with E-state index in [9.17, 15) is 5.21 Å². The van der Waals surface area contributed by atoms with Crippen LogP contribution in [0.5, 0.6) is 0 Å². The van der Waals surface area contributed by atoms with Crippen LogP contribution in [-0.4, -0.2) is 30.0 Å². The lowest BCUT2D eigenvalue weighted by Crippen LogP contribution is -2.13. The van der Waals surface area contributed by atoms with Crippen LogP contribution in [0.25, 0.3) is 11.7 Å². The minimum atomic E-state index is 0.434.